The van der Waals surface area contributed by atoms with E-state index in [1.807, 2.05) is 18.2 Å². The Morgan fingerprint density at radius 1 is 1.19 bits per heavy atom. The van der Waals surface area contributed by atoms with E-state index in [4.69, 9.17) is 4.74 Å². The van der Waals surface area contributed by atoms with Gasteiger partial charge < -0.3 is 10.1 Å². The number of hydrogen-bond donors (Lipinski definition) is 1. The first kappa shape index (κ1) is 15.7. The van der Waals surface area contributed by atoms with E-state index in [9.17, 15) is 9.59 Å². The molecule has 0 atom stereocenters. The first-order valence-electron chi connectivity index (χ1n) is 7.28. The monoisotopic (exact) mass is 290 g/mol. The molecule has 1 aliphatic rings. The number of nitrogens with one attached hydrogen (secondary N) is 1. The van der Waals surface area contributed by atoms with Gasteiger partial charge in [-0.05, 0) is 18.1 Å². The van der Waals surface area contributed by atoms with Crippen LogP contribution in [0.2, 0.25) is 0 Å². The summed E-state index contributed by atoms with van der Waals surface area (Å²) in [6.45, 7) is 6.17. The summed E-state index contributed by atoms with van der Waals surface area (Å²) in [5, 5.41) is 2.80. The maximum absolute atomic E-state index is 11.6. The summed E-state index contributed by atoms with van der Waals surface area (Å²) in [5.41, 5.74) is 2.31. The molecule has 2 rings (SSSR count). The predicted octanol–water partition coefficient (Wildman–Crippen LogP) is 1.11. The number of nitrogens with zero attached hydrogens (tertiary/aromatic N) is 1. The molecule has 0 unspecified atom stereocenters. The summed E-state index contributed by atoms with van der Waals surface area (Å²) in [5.74, 6) is -0.335. The topological polar surface area (TPSA) is 58.6 Å². The average Bonchev–Trinajstić information content (AvgIpc) is 2.47. The number of Topliss-reactive ketones (excluding diaryl/α,β-unsaturated/α-hetero) is 1. The van der Waals surface area contributed by atoms with Crippen LogP contribution in [0.15, 0.2) is 24.3 Å². The molecule has 5 heteroatoms. The van der Waals surface area contributed by atoms with Crippen LogP contribution < -0.4 is 5.32 Å². The Bertz CT molecular complexity index is 496. The second-order valence-electron chi connectivity index (χ2n) is 5.31. The maximum Gasteiger partial charge on any atom is 0.227 e. The highest BCUT2D eigenvalue weighted by atomic mass is 16.5. The lowest BCUT2D eigenvalue weighted by molar-refractivity contribution is -0.127. The number of ketones is 1. The van der Waals surface area contributed by atoms with Gasteiger partial charge in [-0.1, -0.05) is 24.3 Å². The highest BCUT2D eigenvalue weighted by molar-refractivity contribution is 5.96. The molecule has 0 spiro atoms. The summed E-state index contributed by atoms with van der Waals surface area (Å²) in [4.78, 5) is 24.8. The first-order chi connectivity index (χ1) is 10.1. The number of rotatable bonds is 6. The van der Waals surface area contributed by atoms with Gasteiger partial charge in [-0.15, -0.1) is 0 Å². The van der Waals surface area contributed by atoms with E-state index in [0.29, 0.717) is 6.54 Å². The van der Waals surface area contributed by atoms with Crippen molar-refractivity contribution in [2.75, 3.05) is 26.3 Å². The molecular formula is C16H22N2O3. The number of hydrogen-bond acceptors (Lipinski definition) is 4. The number of morpholine rings is 1. The third-order valence-electron chi connectivity index (χ3n) is 3.50. The summed E-state index contributed by atoms with van der Waals surface area (Å²) < 4.78 is 5.35. The van der Waals surface area contributed by atoms with Crippen molar-refractivity contribution in [1.29, 1.82) is 0 Å². The minimum absolute atomic E-state index is 0.0500. The molecule has 1 saturated heterocycles. The zero-order chi connectivity index (χ0) is 15.1. The van der Waals surface area contributed by atoms with E-state index in [1.165, 1.54) is 12.5 Å². The van der Waals surface area contributed by atoms with Gasteiger partial charge in [0, 0.05) is 26.2 Å². The van der Waals surface area contributed by atoms with Crippen LogP contribution in [0.3, 0.4) is 0 Å². The Morgan fingerprint density at radius 2 is 1.86 bits per heavy atom. The smallest absolute Gasteiger partial charge is 0.227 e. The van der Waals surface area contributed by atoms with Gasteiger partial charge >= 0.3 is 0 Å². The van der Waals surface area contributed by atoms with Crippen LogP contribution in [0.25, 0.3) is 0 Å². The lowest BCUT2D eigenvalue weighted by Crippen LogP contribution is -2.36. The van der Waals surface area contributed by atoms with Crippen molar-refractivity contribution in [2.45, 2.75) is 26.4 Å². The number of carbonyl (C=O) groups is 2. The zero-order valence-electron chi connectivity index (χ0n) is 12.4. The number of ether oxygens (including phenoxy) is 1. The SMILES string of the molecule is CC(=O)CC(=O)NCc1ccccc1CN1CCOCC1. The third kappa shape index (κ3) is 5.28. The Kier molecular flexibility index (Phi) is 5.90. The molecule has 21 heavy (non-hydrogen) atoms. The van der Waals surface area contributed by atoms with E-state index in [1.54, 1.807) is 0 Å². The minimum Gasteiger partial charge on any atom is -0.379 e. The molecule has 0 radical (unpaired) electrons. The van der Waals surface area contributed by atoms with Crippen LogP contribution in [0.1, 0.15) is 24.5 Å². The second-order valence-corrected chi connectivity index (χ2v) is 5.31. The Labute approximate surface area is 125 Å². The maximum atomic E-state index is 11.6. The third-order valence-corrected chi connectivity index (χ3v) is 3.50. The fourth-order valence-corrected chi connectivity index (χ4v) is 2.37. The summed E-state index contributed by atoms with van der Waals surface area (Å²) in [6, 6.07) is 8.08. The van der Waals surface area contributed by atoms with E-state index in [2.05, 4.69) is 16.3 Å². The zero-order valence-corrected chi connectivity index (χ0v) is 12.4. The van der Waals surface area contributed by atoms with Crippen molar-refractivity contribution in [2.24, 2.45) is 0 Å². The minimum atomic E-state index is -0.219. The van der Waals surface area contributed by atoms with Crippen molar-refractivity contribution in [1.82, 2.24) is 10.2 Å². The highest BCUT2D eigenvalue weighted by Crippen LogP contribution is 2.13. The van der Waals surface area contributed by atoms with E-state index < -0.39 is 0 Å². The number of carbonyl (C=O) groups excluding carboxylic acids is 2. The number of amides is 1. The molecule has 5 nitrogen and oxygen atoms in total. The molecule has 1 N–H and O–H groups in total. The van der Waals surface area contributed by atoms with Crippen molar-refractivity contribution in [3.05, 3.63) is 35.4 Å². The second kappa shape index (κ2) is 7.90. The van der Waals surface area contributed by atoms with Gasteiger partial charge in [0.05, 0.1) is 19.6 Å². The predicted molar refractivity (Wildman–Crippen MR) is 79.7 cm³/mol. The highest BCUT2D eigenvalue weighted by Gasteiger charge is 2.13. The van der Waals surface area contributed by atoms with Gasteiger partial charge in [0.25, 0.3) is 0 Å². The molecule has 114 valence electrons. The molecule has 1 aromatic carbocycles. The molecule has 1 amide bonds. The van der Waals surface area contributed by atoms with E-state index in [-0.39, 0.29) is 18.1 Å². The van der Waals surface area contributed by atoms with Crippen molar-refractivity contribution >= 4 is 11.7 Å². The molecule has 0 aliphatic carbocycles. The Morgan fingerprint density at radius 3 is 2.52 bits per heavy atom. The Hall–Kier alpha value is -1.72. The normalized spacial score (nSPS) is 15.7. The summed E-state index contributed by atoms with van der Waals surface area (Å²) in [7, 11) is 0. The fourth-order valence-electron chi connectivity index (χ4n) is 2.37. The molecule has 0 aromatic heterocycles. The van der Waals surface area contributed by atoms with Crippen molar-refractivity contribution in [3.63, 3.8) is 0 Å². The van der Waals surface area contributed by atoms with Crippen LogP contribution in [0, 0.1) is 0 Å². The van der Waals surface area contributed by atoms with Crippen LogP contribution in [-0.4, -0.2) is 42.9 Å². The van der Waals surface area contributed by atoms with Gasteiger partial charge in [-0.2, -0.15) is 0 Å². The molecule has 1 aromatic rings. The molecular weight excluding hydrogens is 268 g/mol. The summed E-state index contributed by atoms with van der Waals surface area (Å²) in [6.07, 6.45) is -0.0500. The lowest BCUT2D eigenvalue weighted by atomic mass is 10.1. The fraction of sp³-hybridized carbons (Fsp3) is 0.500. The number of benzene rings is 1. The van der Waals surface area contributed by atoms with E-state index in [0.717, 1.165) is 38.4 Å². The van der Waals surface area contributed by atoms with Crippen molar-refractivity contribution in [3.8, 4) is 0 Å². The van der Waals surface area contributed by atoms with Gasteiger partial charge in [-0.3, -0.25) is 14.5 Å². The molecule has 1 aliphatic heterocycles. The van der Waals surface area contributed by atoms with Gasteiger partial charge in [0.15, 0.2) is 0 Å². The lowest BCUT2D eigenvalue weighted by Gasteiger charge is -2.27. The van der Waals surface area contributed by atoms with Gasteiger partial charge in [-0.25, -0.2) is 0 Å². The average molecular weight is 290 g/mol. The van der Waals surface area contributed by atoms with Crippen LogP contribution >= 0.6 is 0 Å². The quantitative estimate of drug-likeness (QED) is 0.798. The van der Waals surface area contributed by atoms with Crippen LogP contribution in [-0.2, 0) is 27.4 Å². The van der Waals surface area contributed by atoms with Gasteiger partial charge in [0.1, 0.15) is 5.78 Å². The molecule has 1 fully saturated rings. The molecule has 0 bridgehead atoms. The van der Waals surface area contributed by atoms with Crippen LogP contribution in [0.4, 0.5) is 0 Å². The van der Waals surface area contributed by atoms with Crippen molar-refractivity contribution < 1.29 is 14.3 Å². The molecule has 1 heterocycles. The summed E-state index contributed by atoms with van der Waals surface area (Å²) >= 11 is 0. The van der Waals surface area contributed by atoms with Crippen LogP contribution in [0.5, 0.6) is 0 Å². The van der Waals surface area contributed by atoms with E-state index >= 15 is 0 Å². The van der Waals surface area contributed by atoms with Gasteiger partial charge in [0.2, 0.25) is 5.91 Å². The largest absolute Gasteiger partial charge is 0.379 e. The standard InChI is InChI=1S/C16H22N2O3/c1-13(19)10-16(20)17-11-14-4-2-3-5-15(14)12-18-6-8-21-9-7-18/h2-5H,6-12H2,1H3,(H,17,20). The Balaban J connectivity index is 1.92. The first-order valence-corrected chi connectivity index (χ1v) is 7.28. The molecule has 0 saturated carbocycles.